The van der Waals surface area contributed by atoms with E-state index in [1.165, 1.54) is 18.9 Å². The summed E-state index contributed by atoms with van der Waals surface area (Å²) in [5, 5.41) is 0. The third-order valence-corrected chi connectivity index (χ3v) is 3.13. The Hall–Kier alpha value is -1.22. The largest absolute Gasteiger partial charge is 0.370 e. The van der Waals surface area contributed by atoms with Crippen molar-refractivity contribution in [2.24, 2.45) is 0 Å². The molecule has 0 amide bonds. The number of hydrogen-bond donors (Lipinski definition) is 0. The molecule has 1 aliphatic carbocycles. The van der Waals surface area contributed by atoms with Crippen molar-refractivity contribution < 1.29 is 13.9 Å². The van der Waals surface area contributed by atoms with E-state index < -0.39 is 0 Å². The van der Waals surface area contributed by atoms with Gasteiger partial charge in [0, 0.05) is 6.42 Å². The summed E-state index contributed by atoms with van der Waals surface area (Å²) in [5.74, 6) is -0.372. The summed E-state index contributed by atoms with van der Waals surface area (Å²) >= 11 is 0. The van der Waals surface area contributed by atoms with Crippen LogP contribution in [-0.4, -0.2) is 18.5 Å². The maximum Gasteiger partial charge on any atom is 0.162 e. The van der Waals surface area contributed by atoms with Gasteiger partial charge >= 0.3 is 0 Å². The van der Waals surface area contributed by atoms with E-state index in [1.807, 2.05) is 0 Å². The van der Waals surface area contributed by atoms with E-state index in [1.54, 1.807) is 18.2 Å². The lowest BCUT2D eigenvalue weighted by molar-refractivity contribution is -0.124. The van der Waals surface area contributed by atoms with Crippen molar-refractivity contribution in [2.45, 2.75) is 38.2 Å². The molecule has 0 bridgehead atoms. The van der Waals surface area contributed by atoms with Gasteiger partial charge in [-0.1, -0.05) is 31.0 Å². The molecule has 1 aromatic carbocycles. The van der Waals surface area contributed by atoms with Crippen LogP contribution in [0.4, 0.5) is 4.39 Å². The van der Waals surface area contributed by atoms with Crippen LogP contribution in [0.1, 0.15) is 31.2 Å². The van der Waals surface area contributed by atoms with Crippen molar-refractivity contribution in [3.63, 3.8) is 0 Å². The number of rotatable bonds is 5. The number of carbonyl (C=O) groups is 1. The lowest BCUT2D eigenvalue weighted by atomic mass is 10.1. The highest BCUT2D eigenvalue weighted by Crippen LogP contribution is 2.20. The van der Waals surface area contributed by atoms with E-state index >= 15 is 0 Å². The number of carbonyl (C=O) groups excluding carboxylic acids is 1. The zero-order chi connectivity index (χ0) is 12.1. The van der Waals surface area contributed by atoms with Crippen molar-refractivity contribution in [2.75, 3.05) is 6.61 Å². The topological polar surface area (TPSA) is 26.3 Å². The molecule has 0 radical (unpaired) electrons. The van der Waals surface area contributed by atoms with Crippen molar-refractivity contribution >= 4 is 5.78 Å². The molecular formula is C14H17FO2. The molecule has 0 N–H and O–H groups in total. The van der Waals surface area contributed by atoms with Crippen LogP contribution in [-0.2, 0) is 16.0 Å². The summed E-state index contributed by atoms with van der Waals surface area (Å²) in [6.07, 6.45) is 4.83. The van der Waals surface area contributed by atoms with Gasteiger partial charge in [0.05, 0.1) is 6.10 Å². The smallest absolute Gasteiger partial charge is 0.162 e. The minimum atomic E-state index is -0.318. The molecule has 0 atom stereocenters. The van der Waals surface area contributed by atoms with Gasteiger partial charge in [0.15, 0.2) is 5.78 Å². The fraction of sp³-hybridized carbons (Fsp3) is 0.500. The Morgan fingerprint density at radius 2 is 2.00 bits per heavy atom. The third kappa shape index (κ3) is 3.63. The molecule has 0 spiro atoms. The molecule has 1 fully saturated rings. The fourth-order valence-electron chi connectivity index (χ4n) is 2.17. The van der Waals surface area contributed by atoms with Crippen LogP contribution in [0.15, 0.2) is 24.3 Å². The van der Waals surface area contributed by atoms with Crippen LogP contribution >= 0.6 is 0 Å². The summed E-state index contributed by atoms with van der Waals surface area (Å²) in [7, 11) is 0. The molecule has 92 valence electrons. The van der Waals surface area contributed by atoms with Crippen LogP contribution < -0.4 is 0 Å². The predicted octanol–water partition coefficient (Wildman–Crippen LogP) is 2.90. The fourth-order valence-corrected chi connectivity index (χ4v) is 2.17. The molecule has 0 heterocycles. The molecule has 2 nitrogen and oxygen atoms in total. The predicted molar refractivity (Wildman–Crippen MR) is 63.3 cm³/mol. The molecule has 1 aliphatic rings. The maximum atomic E-state index is 13.3. The number of Topliss-reactive ketones (excluding diaryl/α,β-unsaturated/α-hetero) is 1. The van der Waals surface area contributed by atoms with Crippen LogP contribution in [0, 0.1) is 5.82 Å². The van der Waals surface area contributed by atoms with Gasteiger partial charge in [-0.25, -0.2) is 4.39 Å². The zero-order valence-corrected chi connectivity index (χ0v) is 9.82. The highest BCUT2D eigenvalue weighted by atomic mass is 19.1. The Kier molecular flexibility index (Phi) is 4.26. The number of halogens is 1. The van der Waals surface area contributed by atoms with E-state index in [9.17, 15) is 9.18 Å². The van der Waals surface area contributed by atoms with Gasteiger partial charge < -0.3 is 4.74 Å². The highest BCUT2D eigenvalue weighted by Gasteiger charge is 2.17. The van der Waals surface area contributed by atoms with Crippen LogP contribution in [0.2, 0.25) is 0 Å². The first kappa shape index (κ1) is 12.2. The number of ether oxygens (including phenoxy) is 1. The van der Waals surface area contributed by atoms with Gasteiger partial charge in [0.25, 0.3) is 0 Å². The van der Waals surface area contributed by atoms with Crippen molar-refractivity contribution in [1.29, 1.82) is 0 Å². The standard InChI is InChI=1S/C14H17FO2/c15-14-8-4-1-5-11(14)9-12(16)10-17-13-6-2-3-7-13/h1,4-5,8,13H,2-3,6-7,9-10H2. The number of benzene rings is 1. The van der Waals surface area contributed by atoms with Gasteiger partial charge in [-0.05, 0) is 24.5 Å². The molecule has 1 aromatic rings. The Balaban J connectivity index is 1.79. The Morgan fingerprint density at radius 1 is 1.29 bits per heavy atom. The summed E-state index contributed by atoms with van der Waals surface area (Å²) in [6.45, 7) is 0.110. The SMILES string of the molecule is O=C(COC1CCCC1)Cc1ccccc1F. The van der Waals surface area contributed by atoms with Gasteiger partial charge in [0.2, 0.25) is 0 Å². The van der Waals surface area contributed by atoms with Crippen LogP contribution in [0.3, 0.4) is 0 Å². The van der Waals surface area contributed by atoms with E-state index in [2.05, 4.69) is 0 Å². The first-order chi connectivity index (χ1) is 8.25. The average Bonchev–Trinajstić information content (AvgIpc) is 2.82. The van der Waals surface area contributed by atoms with E-state index in [-0.39, 0.29) is 30.7 Å². The number of ketones is 1. The minimum Gasteiger partial charge on any atom is -0.370 e. The maximum absolute atomic E-state index is 13.3. The van der Waals surface area contributed by atoms with Crippen molar-refractivity contribution in [3.8, 4) is 0 Å². The molecule has 3 heteroatoms. The Labute approximate surface area is 101 Å². The highest BCUT2D eigenvalue weighted by molar-refractivity contribution is 5.82. The Morgan fingerprint density at radius 3 is 2.71 bits per heavy atom. The first-order valence-electron chi connectivity index (χ1n) is 6.12. The number of hydrogen-bond acceptors (Lipinski definition) is 2. The minimum absolute atomic E-state index is 0.0537. The second-order valence-corrected chi connectivity index (χ2v) is 4.52. The van der Waals surface area contributed by atoms with E-state index in [4.69, 9.17) is 4.74 Å². The summed E-state index contributed by atoms with van der Waals surface area (Å²) in [4.78, 5) is 11.6. The lowest BCUT2D eigenvalue weighted by Gasteiger charge is -2.10. The van der Waals surface area contributed by atoms with Crippen LogP contribution in [0.25, 0.3) is 0 Å². The summed E-state index contributed by atoms with van der Waals surface area (Å²) in [5.41, 5.74) is 0.451. The van der Waals surface area contributed by atoms with E-state index in [0.717, 1.165) is 12.8 Å². The molecule has 17 heavy (non-hydrogen) atoms. The molecule has 2 rings (SSSR count). The van der Waals surface area contributed by atoms with Crippen molar-refractivity contribution in [3.05, 3.63) is 35.6 Å². The van der Waals surface area contributed by atoms with Gasteiger partial charge in [-0.15, -0.1) is 0 Å². The van der Waals surface area contributed by atoms with Crippen LogP contribution in [0.5, 0.6) is 0 Å². The second-order valence-electron chi connectivity index (χ2n) is 4.52. The summed E-state index contributed by atoms with van der Waals surface area (Å²) in [6, 6.07) is 6.38. The monoisotopic (exact) mass is 236 g/mol. The molecular weight excluding hydrogens is 219 g/mol. The molecule has 0 aromatic heterocycles. The lowest BCUT2D eigenvalue weighted by Crippen LogP contribution is -2.17. The first-order valence-corrected chi connectivity index (χ1v) is 6.12. The van der Waals surface area contributed by atoms with E-state index in [0.29, 0.717) is 5.56 Å². The van der Waals surface area contributed by atoms with Crippen molar-refractivity contribution in [1.82, 2.24) is 0 Å². The van der Waals surface area contributed by atoms with Gasteiger partial charge in [-0.3, -0.25) is 4.79 Å². The second kappa shape index (κ2) is 5.92. The molecule has 1 saturated carbocycles. The molecule has 0 unspecified atom stereocenters. The third-order valence-electron chi connectivity index (χ3n) is 3.13. The quantitative estimate of drug-likeness (QED) is 0.785. The van der Waals surface area contributed by atoms with Gasteiger partial charge in [-0.2, -0.15) is 0 Å². The molecule has 0 aliphatic heterocycles. The average molecular weight is 236 g/mol. The zero-order valence-electron chi connectivity index (χ0n) is 9.82. The van der Waals surface area contributed by atoms with Gasteiger partial charge in [0.1, 0.15) is 12.4 Å². The Bertz CT molecular complexity index is 384. The molecule has 0 saturated heterocycles. The summed E-state index contributed by atoms with van der Waals surface area (Å²) < 4.78 is 18.8. The normalized spacial score (nSPS) is 16.3.